The maximum Gasteiger partial charge on any atom is 0.0121 e. The van der Waals surface area contributed by atoms with Gasteiger partial charge in [-0.25, -0.2) is 0 Å². The van der Waals surface area contributed by atoms with Gasteiger partial charge < -0.3 is 4.90 Å². The summed E-state index contributed by atoms with van der Waals surface area (Å²) in [6.07, 6.45) is 7.26. The van der Waals surface area contributed by atoms with Crippen molar-refractivity contribution in [2.45, 2.75) is 65.8 Å². The summed E-state index contributed by atoms with van der Waals surface area (Å²) in [6.45, 7) is 11.6. The molecular formula is C14H29N. The van der Waals surface area contributed by atoms with E-state index in [0.717, 1.165) is 17.9 Å². The van der Waals surface area contributed by atoms with Gasteiger partial charge in [-0.1, -0.05) is 27.7 Å². The van der Waals surface area contributed by atoms with Crippen LogP contribution in [0.15, 0.2) is 0 Å². The summed E-state index contributed by atoms with van der Waals surface area (Å²) in [7, 11) is 0. The summed E-state index contributed by atoms with van der Waals surface area (Å²) in [4.78, 5) is 2.76. The third-order valence-corrected chi connectivity index (χ3v) is 4.10. The van der Waals surface area contributed by atoms with Gasteiger partial charge >= 0.3 is 0 Å². The molecule has 15 heavy (non-hydrogen) atoms. The molecule has 2 heterocycles. The second-order valence-corrected chi connectivity index (χ2v) is 5.19. The van der Waals surface area contributed by atoms with Crippen molar-refractivity contribution in [1.82, 2.24) is 4.90 Å². The van der Waals surface area contributed by atoms with Crippen molar-refractivity contribution in [3.8, 4) is 0 Å². The first-order chi connectivity index (χ1) is 7.27. The van der Waals surface area contributed by atoms with Crippen LogP contribution in [0, 0.1) is 11.8 Å². The van der Waals surface area contributed by atoms with Gasteiger partial charge in [-0.2, -0.15) is 0 Å². The van der Waals surface area contributed by atoms with Crippen molar-refractivity contribution in [3.63, 3.8) is 0 Å². The molecule has 0 aromatic rings. The summed E-state index contributed by atoms with van der Waals surface area (Å²) < 4.78 is 0. The standard InChI is InChI=1S/C12H23N.C2H6/c1-10-5-6-12-11(2)4-3-8-13(12)9-7-10;1-2/h10-12H,3-9H2,1-2H3;1-2H3. The Balaban J connectivity index is 0.000000531. The Morgan fingerprint density at radius 1 is 0.867 bits per heavy atom. The Bertz CT molecular complexity index is 167. The molecule has 3 unspecified atom stereocenters. The van der Waals surface area contributed by atoms with E-state index in [1.54, 1.807) is 0 Å². The minimum absolute atomic E-state index is 0.929. The predicted octanol–water partition coefficient (Wildman–Crippen LogP) is 3.93. The summed E-state index contributed by atoms with van der Waals surface area (Å²) in [6, 6.07) is 0.929. The summed E-state index contributed by atoms with van der Waals surface area (Å²) >= 11 is 0. The van der Waals surface area contributed by atoms with E-state index >= 15 is 0 Å². The Hall–Kier alpha value is -0.0400. The lowest BCUT2D eigenvalue weighted by Gasteiger charge is -2.38. The maximum absolute atomic E-state index is 2.76. The zero-order valence-corrected chi connectivity index (χ0v) is 11.1. The van der Waals surface area contributed by atoms with E-state index in [0.29, 0.717) is 0 Å². The van der Waals surface area contributed by atoms with E-state index in [4.69, 9.17) is 0 Å². The Labute approximate surface area is 96.2 Å². The molecule has 2 fully saturated rings. The first-order valence-electron chi connectivity index (χ1n) is 7.01. The maximum atomic E-state index is 2.76. The van der Waals surface area contributed by atoms with E-state index in [9.17, 15) is 0 Å². The molecule has 0 bridgehead atoms. The third-order valence-electron chi connectivity index (χ3n) is 4.10. The van der Waals surface area contributed by atoms with Crippen molar-refractivity contribution in [1.29, 1.82) is 0 Å². The lowest BCUT2D eigenvalue weighted by atomic mass is 9.88. The molecule has 0 aliphatic carbocycles. The highest BCUT2D eigenvalue weighted by atomic mass is 15.2. The van der Waals surface area contributed by atoms with Crippen LogP contribution in [0.2, 0.25) is 0 Å². The molecule has 0 aromatic heterocycles. The van der Waals surface area contributed by atoms with Crippen LogP contribution in [0.4, 0.5) is 0 Å². The molecule has 0 saturated carbocycles. The number of piperidine rings is 1. The number of nitrogens with zero attached hydrogens (tertiary/aromatic N) is 1. The normalized spacial score (nSPS) is 37.2. The molecule has 2 saturated heterocycles. The lowest BCUT2D eigenvalue weighted by molar-refractivity contribution is 0.104. The highest BCUT2D eigenvalue weighted by molar-refractivity contribution is 4.84. The average molecular weight is 211 g/mol. The molecule has 0 amide bonds. The molecule has 0 N–H and O–H groups in total. The summed E-state index contributed by atoms with van der Waals surface area (Å²) in [5.74, 6) is 1.93. The van der Waals surface area contributed by atoms with Gasteiger partial charge in [0.15, 0.2) is 0 Å². The van der Waals surface area contributed by atoms with Crippen LogP contribution in [0.25, 0.3) is 0 Å². The van der Waals surface area contributed by atoms with Gasteiger partial charge in [0.05, 0.1) is 0 Å². The Morgan fingerprint density at radius 3 is 2.33 bits per heavy atom. The fraction of sp³-hybridized carbons (Fsp3) is 1.00. The van der Waals surface area contributed by atoms with Crippen molar-refractivity contribution in [3.05, 3.63) is 0 Å². The van der Waals surface area contributed by atoms with Gasteiger partial charge in [0.2, 0.25) is 0 Å². The predicted molar refractivity (Wildman–Crippen MR) is 68.1 cm³/mol. The number of hydrogen-bond donors (Lipinski definition) is 0. The molecular weight excluding hydrogens is 182 g/mol. The first-order valence-corrected chi connectivity index (χ1v) is 7.01. The van der Waals surface area contributed by atoms with Crippen LogP contribution in [-0.2, 0) is 0 Å². The molecule has 1 nitrogen and oxygen atoms in total. The highest BCUT2D eigenvalue weighted by Gasteiger charge is 2.30. The molecule has 0 aromatic carbocycles. The van der Waals surface area contributed by atoms with Gasteiger partial charge in [0.1, 0.15) is 0 Å². The van der Waals surface area contributed by atoms with E-state index < -0.39 is 0 Å². The smallest absolute Gasteiger partial charge is 0.0121 e. The zero-order valence-electron chi connectivity index (χ0n) is 11.1. The zero-order chi connectivity index (χ0) is 11.3. The van der Waals surface area contributed by atoms with E-state index in [1.807, 2.05) is 13.8 Å². The molecule has 2 aliphatic heterocycles. The molecule has 0 spiro atoms. The molecule has 2 aliphatic rings. The molecule has 2 rings (SSSR count). The second-order valence-electron chi connectivity index (χ2n) is 5.19. The summed E-state index contributed by atoms with van der Waals surface area (Å²) in [5.41, 5.74) is 0. The van der Waals surface area contributed by atoms with E-state index in [2.05, 4.69) is 18.7 Å². The SMILES string of the molecule is CC.CC1CCC2C(C)CCCN2CC1. The van der Waals surface area contributed by atoms with Gasteiger partial charge in [-0.15, -0.1) is 0 Å². The molecule has 1 heteroatoms. The molecule has 90 valence electrons. The van der Waals surface area contributed by atoms with Gasteiger partial charge in [-0.05, 0) is 57.0 Å². The molecule has 3 atom stereocenters. The van der Waals surface area contributed by atoms with Crippen molar-refractivity contribution in [2.75, 3.05) is 13.1 Å². The van der Waals surface area contributed by atoms with Crippen molar-refractivity contribution >= 4 is 0 Å². The minimum Gasteiger partial charge on any atom is -0.300 e. The average Bonchev–Trinajstić information content (AvgIpc) is 2.45. The fourth-order valence-corrected chi connectivity index (χ4v) is 3.06. The Kier molecular flexibility index (Phi) is 5.66. The third kappa shape index (κ3) is 3.48. The Morgan fingerprint density at radius 2 is 1.60 bits per heavy atom. The van der Waals surface area contributed by atoms with Crippen LogP contribution >= 0.6 is 0 Å². The van der Waals surface area contributed by atoms with Crippen molar-refractivity contribution in [2.24, 2.45) is 11.8 Å². The van der Waals surface area contributed by atoms with E-state index in [1.165, 1.54) is 45.2 Å². The second kappa shape index (κ2) is 6.52. The number of rotatable bonds is 0. The number of hydrogen-bond acceptors (Lipinski definition) is 1. The fourth-order valence-electron chi connectivity index (χ4n) is 3.06. The monoisotopic (exact) mass is 211 g/mol. The molecule has 0 radical (unpaired) electrons. The van der Waals surface area contributed by atoms with E-state index in [-0.39, 0.29) is 0 Å². The van der Waals surface area contributed by atoms with Crippen molar-refractivity contribution < 1.29 is 0 Å². The lowest BCUT2D eigenvalue weighted by Crippen LogP contribution is -2.43. The van der Waals surface area contributed by atoms with Crippen LogP contribution in [0.1, 0.15) is 59.8 Å². The first kappa shape index (κ1) is 13.0. The van der Waals surface area contributed by atoms with Crippen LogP contribution in [-0.4, -0.2) is 24.0 Å². The van der Waals surface area contributed by atoms with Gasteiger partial charge in [0.25, 0.3) is 0 Å². The number of fused-ring (bicyclic) bond motifs is 1. The minimum atomic E-state index is 0.929. The van der Waals surface area contributed by atoms with Crippen LogP contribution < -0.4 is 0 Å². The topological polar surface area (TPSA) is 3.24 Å². The van der Waals surface area contributed by atoms with Gasteiger partial charge in [0, 0.05) is 6.04 Å². The largest absolute Gasteiger partial charge is 0.300 e. The van der Waals surface area contributed by atoms with Crippen LogP contribution in [0.3, 0.4) is 0 Å². The highest BCUT2D eigenvalue weighted by Crippen LogP contribution is 2.31. The summed E-state index contributed by atoms with van der Waals surface area (Å²) in [5, 5.41) is 0. The quantitative estimate of drug-likeness (QED) is 0.587. The van der Waals surface area contributed by atoms with Crippen LogP contribution in [0.5, 0.6) is 0 Å². The van der Waals surface area contributed by atoms with Gasteiger partial charge in [-0.3, -0.25) is 0 Å².